The van der Waals surface area contributed by atoms with Crippen LogP contribution < -0.4 is 0 Å². The minimum atomic E-state index is -0.481. The number of rotatable bonds is 4. The summed E-state index contributed by atoms with van der Waals surface area (Å²) in [5.41, 5.74) is 0.892. The number of fused-ring (bicyclic) bond motifs is 3. The van der Waals surface area contributed by atoms with Crippen LogP contribution in [0.15, 0.2) is 42.0 Å². The molecule has 6 heteroatoms. The lowest BCUT2D eigenvalue weighted by molar-refractivity contribution is -0.494. The topological polar surface area (TPSA) is 71.1 Å². The zero-order chi connectivity index (χ0) is 25.3. The lowest BCUT2D eigenvalue weighted by Gasteiger charge is -2.69. The maximum Gasteiger partial charge on any atom is 0.338 e. The Morgan fingerprint density at radius 3 is 2.50 bits per heavy atom. The number of benzene rings is 1. The molecule has 1 aromatic rings. The Morgan fingerprint density at radius 2 is 1.81 bits per heavy atom. The molecule has 6 aliphatic rings. The molecule has 2 aliphatic heterocycles. The highest BCUT2D eigenvalue weighted by Crippen LogP contribution is 2.73. The van der Waals surface area contributed by atoms with Crippen LogP contribution in [0.2, 0.25) is 0 Å². The third-order valence-electron chi connectivity index (χ3n) is 11.0. The first-order chi connectivity index (χ1) is 17.2. The van der Waals surface area contributed by atoms with Crippen LogP contribution >= 0.6 is 0 Å². The zero-order valence-electron chi connectivity index (χ0n) is 21.9. The van der Waals surface area contributed by atoms with Gasteiger partial charge in [-0.3, -0.25) is 4.79 Å². The summed E-state index contributed by atoms with van der Waals surface area (Å²) >= 11 is 0. The SMILES string of the molecule is COC(=O)[C@@H](C)C1CCC2C34CCC5(CC(OC(=O)c6ccccc6)CCC5(C)C3=CCC12C)OO4. The van der Waals surface area contributed by atoms with Crippen molar-refractivity contribution in [2.75, 3.05) is 7.11 Å². The van der Waals surface area contributed by atoms with E-state index in [1.807, 2.05) is 25.1 Å². The van der Waals surface area contributed by atoms with Gasteiger partial charge in [0.25, 0.3) is 0 Å². The first-order valence-corrected chi connectivity index (χ1v) is 13.6. The molecule has 2 saturated heterocycles. The number of carbonyl (C=O) groups excluding carboxylic acids is 2. The van der Waals surface area contributed by atoms with E-state index in [0.29, 0.717) is 17.9 Å². The van der Waals surface area contributed by atoms with Gasteiger partial charge in [0, 0.05) is 17.8 Å². The van der Waals surface area contributed by atoms with Crippen LogP contribution in [0.1, 0.15) is 82.5 Å². The van der Waals surface area contributed by atoms with E-state index in [1.54, 1.807) is 12.1 Å². The Morgan fingerprint density at radius 1 is 1.03 bits per heavy atom. The summed E-state index contributed by atoms with van der Waals surface area (Å²) in [6.45, 7) is 6.71. The van der Waals surface area contributed by atoms with Gasteiger partial charge in [-0.25, -0.2) is 14.6 Å². The summed E-state index contributed by atoms with van der Waals surface area (Å²) < 4.78 is 11.1. The van der Waals surface area contributed by atoms with E-state index in [4.69, 9.17) is 19.2 Å². The fourth-order valence-corrected chi connectivity index (χ4v) is 9.06. The summed E-state index contributed by atoms with van der Waals surface area (Å²) in [5, 5.41) is 0. The molecule has 36 heavy (non-hydrogen) atoms. The molecule has 0 aromatic heterocycles. The predicted octanol–water partition coefficient (Wildman–Crippen LogP) is 5.81. The Balaban J connectivity index is 1.27. The van der Waals surface area contributed by atoms with Crippen molar-refractivity contribution in [3.05, 3.63) is 47.5 Å². The number of hydrogen-bond acceptors (Lipinski definition) is 6. The van der Waals surface area contributed by atoms with Gasteiger partial charge < -0.3 is 9.47 Å². The first kappa shape index (κ1) is 24.2. The van der Waals surface area contributed by atoms with Crippen molar-refractivity contribution in [2.45, 2.75) is 89.4 Å². The largest absolute Gasteiger partial charge is 0.469 e. The lowest BCUT2D eigenvalue weighted by atomic mass is 9.44. The molecule has 5 fully saturated rings. The van der Waals surface area contributed by atoms with E-state index >= 15 is 0 Å². The summed E-state index contributed by atoms with van der Waals surface area (Å²) in [4.78, 5) is 38.2. The van der Waals surface area contributed by atoms with Crippen molar-refractivity contribution in [1.82, 2.24) is 0 Å². The van der Waals surface area contributed by atoms with Crippen LogP contribution in [-0.4, -0.2) is 36.4 Å². The molecule has 2 bridgehead atoms. The van der Waals surface area contributed by atoms with Crippen molar-refractivity contribution in [2.24, 2.45) is 28.6 Å². The van der Waals surface area contributed by atoms with E-state index in [1.165, 1.54) is 12.7 Å². The molecule has 4 aliphatic carbocycles. The van der Waals surface area contributed by atoms with E-state index in [-0.39, 0.29) is 40.7 Å². The second-order valence-electron chi connectivity index (χ2n) is 12.4. The van der Waals surface area contributed by atoms with Crippen molar-refractivity contribution >= 4 is 11.9 Å². The van der Waals surface area contributed by atoms with Gasteiger partial charge in [-0.1, -0.05) is 45.0 Å². The summed E-state index contributed by atoms with van der Waals surface area (Å²) in [7, 11) is 1.48. The van der Waals surface area contributed by atoms with Gasteiger partial charge in [0.05, 0.1) is 18.6 Å². The summed E-state index contributed by atoms with van der Waals surface area (Å²) in [5.74, 6) is 0.0554. The van der Waals surface area contributed by atoms with Gasteiger partial charge in [0.1, 0.15) is 17.3 Å². The van der Waals surface area contributed by atoms with Gasteiger partial charge in [0.15, 0.2) is 0 Å². The summed E-state index contributed by atoms with van der Waals surface area (Å²) in [6, 6.07) is 9.20. The Hall–Kier alpha value is -2.18. The third kappa shape index (κ3) is 3.10. The fraction of sp³-hybridized carbons (Fsp3) is 0.667. The van der Waals surface area contributed by atoms with Crippen LogP contribution in [0.4, 0.5) is 0 Å². The van der Waals surface area contributed by atoms with Gasteiger partial charge in [0.2, 0.25) is 0 Å². The normalized spacial score (nSPS) is 43.4. The highest BCUT2D eigenvalue weighted by atomic mass is 17.2. The van der Waals surface area contributed by atoms with Gasteiger partial charge >= 0.3 is 11.9 Å². The minimum absolute atomic E-state index is 0.0312. The number of hydrogen-bond donors (Lipinski definition) is 0. The number of ether oxygens (including phenoxy) is 2. The van der Waals surface area contributed by atoms with Gasteiger partial charge in [-0.05, 0) is 74.0 Å². The van der Waals surface area contributed by atoms with Gasteiger partial charge in [-0.15, -0.1) is 0 Å². The highest BCUT2D eigenvalue weighted by molar-refractivity contribution is 5.89. The molecule has 2 spiro atoms. The second-order valence-corrected chi connectivity index (χ2v) is 12.4. The second kappa shape index (κ2) is 8.16. The molecule has 7 rings (SSSR count). The molecular weight excluding hydrogens is 456 g/mol. The van der Waals surface area contributed by atoms with Gasteiger partial charge in [-0.2, -0.15) is 0 Å². The first-order valence-electron chi connectivity index (χ1n) is 13.6. The van der Waals surface area contributed by atoms with Crippen molar-refractivity contribution in [1.29, 1.82) is 0 Å². The average molecular weight is 495 g/mol. The molecule has 194 valence electrons. The van der Waals surface area contributed by atoms with Crippen LogP contribution in [0.25, 0.3) is 0 Å². The third-order valence-corrected chi connectivity index (χ3v) is 11.0. The van der Waals surface area contributed by atoms with Crippen molar-refractivity contribution in [3.8, 4) is 0 Å². The van der Waals surface area contributed by atoms with Crippen LogP contribution in [0, 0.1) is 28.6 Å². The zero-order valence-corrected chi connectivity index (χ0v) is 21.9. The standard InChI is InChI=1S/C30H38O6/c1-19(25(31)33-4)22-10-11-23-27(22,2)14-13-24-28(3)15-12-21(34-26(32)20-8-6-5-7-9-20)18-29(28)16-17-30(23,24)36-35-29/h5-9,13,19,21-23H,10-12,14-18H2,1-4H3/t19-,21?,22?,23?,27?,28?,29?,30?/m0/s1. The van der Waals surface area contributed by atoms with Crippen molar-refractivity contribution < 1.29 is 28.8 Å². The minimum Gasteiger partial charge on any atom is -0.469 e. The van der Waals surface area contributed by atoms with Crippen LogP contribution in [0.3, 0.4) is 0 Å². The van der Waals surface area contributed by atoms with Crippen LogP contribution in [-0.2, 0) is 24.0 Å². The summed E-state index contributed by atoms with van der Waals surface area (Å²) in [6.07, 6.45) is 9.41. The molecule has 1 aromatic carbocycles. The fourth-order valence-electron chi connectivity index (χ4n) is 9.06. The molecule has 0 radical (unpaired) electrons. The maximum absolute atomic E-state index is 12.8. The van der Waals surface area contributed by atoms with Crippen molar-refractivity contribution in [3.63, 3.8) is 0 Å². The number of carbonyl (C=O) groups is 2. The maximum atomic E-state index is 12.8. The molecule has 6 nitrogen and oxygen atoms in total. The Kier molecular flexibility index (Phi) is 5.48. The van der Waals surface area contributed by atoms with E-state index in [2.05, 4.69) is 19.9 Å². The van der Waals surface area contributed by atoms with Crippen LogP contribution in [0.5, 0.6) is 0 Å². The van der Waals surface area contributed by atoms with E-state index in [0.717, 1.165) is 44.9 Å². The molecular formula is C30H38O6. The smallest absolute Gasteiger partial charge is 0.338 e. The molecule has 2 heterocycles. The molecule has 8 atom stereocenters. The number of esters is 2. The highest BCUT2D eigenvalue weighted by Gasteiger charge is 2.74. The Labute approximate surface area is 213 Å². The average Bonchev–Trinajstić information content (AvgIpc) is 3.26. The number of allylic oxidation sites excluding steroid dienone is 1. The quantitative estimate of drug-likeness (QED) is 0.299. The molecule has 0 amide bonds. The predicted molar refractivity (Wildman–Crippen MR) is 133 cm³/mol. The van der Waals surface area contributed by atoms with E-state index < -0.39 is 11.2 Å². The molecule has 3 saturated carbocycles. The number of methoxy groups -OCH3 is 1. The molecule has 0 N–H and O–H groups in total. The monoisotopic (exact) mass is 494 g/mol. The lowest BCUT2D eigenvalue weighted by Crippen LogP contribution is -2.71. The van der Waals surface area contributed by atoms with E-state index in [9.17, 15) is 9.59 Å². The Bertz CT molecular complexity index is 1090. The molecule has 7 unspecified atom stereocenters.